The van der Waals surface area contributed by atoms with Crippen LogP contribution in [0.5, 0.6) is 0 Å². The topological polar surface area (TPSA) is 23.5 Å². The van der Waals surface area contributed by atoms with E-state index in [2.05, 4.69) is 0 Å². The molecular weight excluding hydrogens is 159 g/mol. The molecule has 0 radical (unpaired) electrons. The van der Waals surface area contributed by atoms with Gasteiger partial charge < -0.3 is 0 Å². The van der Waals surface area contributed by atoms with Crippen molar-refractivity contribution in [3.05, 3.63) is 24.4 Å². The van der Waals surface area contributed by atoms with Gasteiger partial charge >= 0.3 is 6.18 Å². The van der Waals surface area contributed by atoms with E-state index in [0.29, 0.717) is 0 Å². The summed E-state index contributed by atoms with van der Waals surface area (Å²) in [6.45, 7) is 0. The van der Waals surface area contributed by atoms with Gasteiger partial charge in [0.1, 0.15) is 0 Å². The normalized spacial score (nSPS) is 24.4. The molecular formula is C6H6F3NO. The Balaban J connectivity index is 2.74. The zero-order valence-corrected chi connectivity index (χ0v) is 5.42. The average Bonchev–Trinajstić information content (AvgIpc) is 1.86. The lowest BCUT2D eigenvalue weighted by atomic mass is 10.2. The SMILES string of the molecule is ON1C=CC=CC1C(F)(F)F. The highest BCUT2D eigenvalue weighted by Crippen LogP contribution is 2.26. The first-order valence-electron chi connectivity index (χ1n) is 2.91. The molecule has 1 unspecified atom stereocenters. The molecule has 1 rings (SSSR count). The van der Waals surface area contributed by atoms with Crippen LogP contribution < -0.4 is 0 Å². The number of rotatable bonds is 0. The molecule has 2 nitrogen and oxygen atoms in total. The van der Waals surface area contributed by atoms with Gasteiger partial charge in [-0.05, 0) is 6.08 Å². The summed E-state index contributed by atoms with van der Waals surface area (Å²) in [4.78, 5) is 0. The summed E-state index contributed by atoms with van der Waals surface area (Å²) < 4.78 is 35.7. The molecule has 62 valence electrons. The van der Waals surface area contributed by atoms with Crippen molar-refractivity contribution in [2.75, 3.05) is 0 Å². The highest BCUT2D eigenvalue weighted by molar-refractivity contribution is 5.13. The first-order valence-corrected chi connectivity index (χ1v) is 2.91. The Bertz CT molecular complexity index is 196. The van der Waals surface area contributed by atoms with E-state index >= 15 is 0 Å². The lowest BCUT2D eigenvalue weighted by Gasteiger charge is -2.25. The molecule has 1 N–H and O–H groups in total. The van der Waals surface area contributed by atoms with Gasteiger partial charge in [0.2, 0.25) is 0 Å². The van der Waals surface area contributed by atoms with Gasteiger partial charge in [0, 0.05) is 6.20 Å². The zero-order valence-electron chi connectivity index (χ0n) is 5.42. The number of alkyl halides is 3. The molecule has 1 aliphatic rings. The summed E-state index contributed by atoms with van der Waals surface area (Å²) in [6, 6.07) is -1.91. The second-order valence-corrected chi connectivity index (χ2v) is 2.09. The van der Waals surface area contributed by atoms with Crippen molar-refractivity contribution >= 4 is 0 Å². The third kappa shape index (κ3) is 1.74. The van der Waals surface area contributed by atoms with E-state index in [1.54, 1.807) is 0 Å². The Kier molecular flexibility index (Phi) is 1.90. The first-order chi connectivity index (χ1) is 5.02. The Morgan fingerprint density at radius 1 is 1.27 bits per heavy atom. The molecule has 11 heavy (non-hydrogen) atoms. The van der Waals surface area contributed by atoms with Gasteiger partial charge in [-0.1, -0.05) is 12.2 Å². The lowest BCUT2D eigenvalue weighted by molar-refractivity contribution is -0.218. The largest absolute Gasteiger partial charge is 0.414 e. The molecule has 0 fully saturated rings. The van der Waals surface area contributed by atoms with E-state index in [1.807, 2.05) is 0 Å². The Morgan fingerprint density at radius 3 is 2.27 bits per heavy atom. The fraction of sp³-hybridized carbons (Fsp3) is 0.333. The quantitative estimate of drug-likeness (QED) is 0.590. The molecule has 0 saturated carbocycles. The number of nitrogens with zero attached hydrogens (tertiary/aromatic N) is 1. The van der Waals surface area contributed by atoms with E-state index in [1.165, 1.54) is 12.2 Å². The lowest BCUT2D eigenvalue weighted by Crippen LogP contribution is -2.40. The smallest absolute Gasteiger partial charge is 0.288 e. The summed E-state index contributed by atoms with van der Waals surface area (Å²) in [7, 11) is 0. The third-order valence-electron chi connectivity index (χ3n) is 1.26. The molecule has 0 spiro atoms. The molecule has 0 saturated heterocycles. The summed E-state index contributed by atoms with van der Waals surface area (Å²) in [5.74, 6) is 0. The molecule has 0 bridgehead atoms. The molecule has 0 aromatic carbocycles. The fourth-order valence-corrected chi connectivity index (χ4v) is 0.747. The van der Waals surface area contributed by atoms with Crippen LogP contribution >= 0.6 is 0 Å². The van der Waals surface area contributed by atoms with E-state index in [0.717, 1.165) is 12.3 Å². The summed E-state index contributed by atoms with van der Waals surface area (Å²) >= 11 is 0. The van der Waals surface area contributed by atoms with Gasteiger partial charge in [-0.2, -0.15) is 13.2 Å². The highest BCUT2D eigenvalue weighted by Gasteiger charge is 2.41. The van der Waals surface area contributed by atoms with Gasteiger partial charge in [-0.15, -0.1) is 0 Å². The minimum absolute atomic E-state index is 0.125. The van der Waals surface area contributed by atoms with Crippen LogP contribution in [0.3, 0.4) is 0 Å². The minimum atomic E-state index is -4.42. The van der Waals surface area contributed by atoms with Gasteiger partial charge in [-0.3, -0.25) is 5.21 Å². The number of hydrogen-bond acceptors (Lipinski definition) is 2. The van der Waals surface area contributed by atoms with Crippen molar-refractivity contribution in [2.24, 2.45) is 0 Å². The van der Waals surface area contributed by atoms with Crippen LogP contribution in [-0.2, 0) is 0 Å². The number of allylic oxidation sites excluding steroid dienone is 2. The van der Waals surface area contributed by atoms with E-state index in [9.17, 15) is 13.2 Å². The molecule has 1 atom stereocenters. The van der Waals surface area contributed by atoms with Crippen molar-refractivity contribution in [3.8, 4) is 0 Å². The summed E-state index contributed by atoms with van der Waals surface area (Å²) in [5, 5.41) is 8.80. The van der Waals surface area contributed by atoms with Gasteiger partial charge in [0.15, 0.2) is 6.04 Å². The molecule has 1 aliphatic heterocycles. The Morgan fingerprint density at radius 2 is 1.91 bits per heavy atom. The number of halogens is 3. The maximum Gasteiger partial charge on any atom is 0.414 e. The van der Waals surface area contributed by atoms with E-state index < -0.39 is 12.2 Å². The van der Waals surface area contributed by atoms with Gasteiger partial charge in [0.05, 0.1) is 0 Å². The van der Waals surface area contributed by atoms with Crippen molar-refractivity contribution < 1.29 is 18.4 Å². The van der Waals surface area contributed by atoms with Crippen molar-refractivity contribution in [1.29, 1.82) is 0 Å². The number of hydroxylamine groups is 2. The summed E-state index contributed by atoms with van der Waals surface area (Å²) in [5.41, 5.74) is 0. The predicted molar refractivity (Wildman–Crippen MR) is 31.7 cm³/mol. The second-order valence-electron chi connectivity index (χ2n) is 2.09. The van der Waals surface area contributed by atoms with Gasteiger partial charge in [0.25, 0.3) is 0 Å². The van der Waals surface area contributed by atoms with Crippen LogP contribution in [0.15, 0.2) is 24.4 Å². The van der Waals surface area contributed by atoms with Crippen molar-refractivity contribution in [2.45, 2.75) is 12.2 Å². The average molecular weight is 165 g/mol. The van der Waals surface area contributed by atoms with E-state index in [-0.39, 0.29) is 5.06 Å². The highest BCUT2D eigenvalue weighted by atomic mass is 19.4. The standard InChI is InChI=1S/C6H6F3NO/c7-6(8,9)5-3-1-2-4-10(5)11/h1-5,11H. The first kappa shape index (κ1) is 8.13. The maximum absolute atomic E-state index is 11.9. The Labute approximate surface area is 61.2 Å². The van der Waals surface area contributed by atoms with Crippen LogP contribution in [0.4, 0.5) is 13.2 Å². The van der Waals surface area contributed by atoms with Gasteiger partial charge in [-0.25, -0.2) is 5.06 Å². The molecule has 5 heteroatoms. The van der Waals surface area contributed by atoms with Crippen LogP contribution in [0.1, 0.15) is 0 Å². The van der Waals surface area contributed by atoms with Crippen molar-refractivity contribution in [3.63, 3.8) is 0 Å². The molecule has 0 amide bonds. The van der Waals surface area contributed by atoms with Crippen LogP contribution in [-0.4, -0.2) is 22.5 Å². The van der Waals surface area contributed by atoms with Crippen LogP contribution in [0.25, 0.3) is 0 Å². The van der Waals surface area contributed by atoms with Crippen LogP contribution in [0, 0.1) is 0 Å². The molecule has 0 aliphatic carbocycles. The Hall–Kier alpha value is -0.970. The summed E-state index contributed by atoms with van der Waals surface area (Å²) in [6.07, 6.45) is -0.0265. The number of hydrogen-bond donors (Lipinski definition) is 1. The minimum Gasteiger partial charge on any atom is -0.288 e. The molecule has 1 heterocycles. The van der Waals surface area contributed by atoms with Crippen LogP contribution in [0.2, 0.25) is 0 Å². The predicted octanol–water partition coefficient (Wildman–Crippen LogP) is 1.69. The van der Waals surface area contributed by atoms with Crippen molar-refractivity contribution in [1.82, 2.24) is 5.06 Å². The second kappa shape index (κ2) is 2.58. The fourth-order valence-electron chi connectivity index (χ4n) is 0.747. The maximum atomic E-state index is 11.9. The monoisotopic (exact) mass is 165 g/mol. The molecule has 0 aromatic rings. The van der Waals surface area contributed by atoms with E-state index in [4.69, 9.17) is 5.21 Å². The third-order valence-corrected chi connectivity index (χ3v) is 1.26. The molecule has 0 aromatic heterocycles. The zero-order chi connectivity index (χ0) is 8.48.